The standard InChI is InChI=1S/C18H17FN3O6P/c19-12-3-1-10(2-4-12)7-11-8-13-15(21-9-11)16(23)14(18(25)22-13)17(24)20-5-6-29(26,27)28/h1-4,8-9H,5-7H2,(H,20,24)(H2,22,23,25)(H2,26,27,28). The molecule has 0 spiro atoms. The van der Waals surface area contributed by atoms with Gasteiger partial charge in [0.2, 0.25) is 0 Å². The summed E-state index contributed by atoms with van der Waals surface area (Å²) >= 11 is 0. The molecular weight excluding hydrogens is 404 g/mol. The number of aromatic nitrogens is 2. The average molecular weight is 421 g/mol. The molecule has 11 heteroatoms. The van der Waals surface area contributed by atoms with Crippen molar-refractivity contribution < 1.29 is 28.6 Å². The summed E-state index contributed by atoms with van der Waals surface area (Å²) < 4.78 is 23.8. The van der Waals surface area contributed by atoms with Gasteiger partial charge in [-0.15, -0.1) is 0 Å². The topological polar surface area (TPSA) is 153 Å². The van der Waals surface area contributed by atoms with Crippen molar-refractivity contribution in [2.24, 2.45) is 0 Å². The molecule has 1 amide bonds. The Morgan fingerprint density at radius 2 is 1.90 bits per heavy atom. The van der Waals surface area contributed by atoms with Crippen molar-refractivity contribution in [2.45, 2.75) is 6.42 Å². The summed E-state index contributed by atoms with van der Waals surface area (Å²) in [6.45, 7) is -0.371. The number of hydrogen-bond donors (Lipinski definition) is 5. The van der Waals surface area contributed by atoms with Crippen molar-refractivity contribution in [1.29, 1.82) is 0 Å². The van der Waals surface area contributed by atoms with Gasteiger partial charge in [-0.3, -0.25) is 19.1 Å². The zero-order valence-electron chi connectivity index (χ0n) is 14.9. The fourth-order valence-corrected chi connectivity index (χ4v) is 3.15. The molecule has 1 aromatic carbocycles. The molecule has 9 nitrogen and oxygen atoms in total. The van der Waals surface area contributed by atoms with E-state index in [-0.39, 0.29) is 23.4 Å². The number of nitrogens with one attached hydrogen (secondary N) is 2. The van der Waals surface area contributed by atoms with Crippen LogP contribution in [-0.2, 0) is 11.0 Å². The Labute approximate surface area is 163 Å². The summed E-state index contributed by atoms with van der Waals surface area (Å²) in [5, 5.41) is 12.5. The van der Waals surface area contributed by atoms with E-state index in [0.29, 0.717) is 12.0 Å². The molecule has 0 bridgehead atoms. The average Bonchev–Trinajstić information content (AvgIpc) is 2.62. The van der Waals surface area contributed by atoms with E-state index in [9.17, 15) is 23.7 Å². The first kappa shape index (κ1) is 20.7. The van der Waals surface area contributed by atoms with E-state index in [1.807, 2.05) is 0 Å². The number of hydrogen-bond acceptors (Lipinski definition) is 5. The van der Waals surface area contributed by atoms with E-state index < -0.39 is 36.5 Å². The van der Waals surface area contributed by atoms with Crippen molar-refractivity contribution >= 4 is 24.5 Å². The number of pyridine rings is 2. The molecule has 3 aromatic rings. The zero-order valence-corrected chi connectivity index (χ0v) is 15.8. The van der Waals surface area contributed by atoms with Crippen molar-refractivity contribution in [3.05, 3.63) is 69.4 Å². The number of fused-ring (bicyclic) bond motifs is 1. The van der Waals surface area contributed by atoms with Gasteiger partial charge in [-0.25, -0.2) is 4.39 Å². The maximum Gasteiger partial charge on any atom is 0.327 e. The highest BCUT2D eigenvalue weighted by Gasteiger charge is 2.21. The van der Waals surface area contributed by atoms with E-state index >= 15 is 0 Å². The minimum absolute atomic E-state index is 0.00686. The number of carbonyl (C=O) groups excluding carboxylic acids is 1. The van der Waals surface area contributed by atoms with E-state index in [1.54, 1.807) is 18.2 Å². The first-order valence-corrected chi connectivity index (χ1v) is 10.2. The molecule has 3 rings (SSSR count). The molecule has 5 N–H and O–H groups in total. The van der Waals surface area contributed by atoms with Crippen LogP contribution in [0.5, 0.6) is 5.75 Å². The smallest absolute Gasteiger partial charge is 0.327 e. The van der Waals surface area contributed by atoms with Gasteiger partial charge >= 0.3 is 7.60 Å². The summed E-state index contributed by atoms with van der Waals surface area (Å²) in [4.78, 5) is 48.6. The molecule has 29 heavy (non-hydrogen) atoms. The Morgan fingerprint density at radius 1 is 1.21 bits per heavy atom. The molecule has 0 aliphatic rings. The number of rotatable bonds is 6. The summed E-state index contributed by atoms with van der Waals surface area (Å²) in [6, 6.07) is 7.47. The highest BCUT2D eigenvalue weighted by Crippen LogP contribution is 2.33. The lowest BCUT2D eigenvalue weighted by atomic mass is 10.1. The third-order valence-corrected chi connectivity index (χ3v) is 4.92. The summed E-state index contributed by atoms with van der Waals surface area (Å²) in [5.74, 6) is -1.96. The Balaban J connectivity index is 1.87. The first-order chi connectivity index (χ1) is 13.6. The third-order valence-electron chi connectivity index (χ3n) is 4.12. The number of H-pyrrole nitrogens is 1. The first-order valence-electron chi connectivity index (χ1n) is 8.45. The van der Waals surface area contributed by atoms with Crippen LogP contribution >= 0.6 is 7.60 Å². The lowest BCUT2D eigenvalue weighted by molar-refractivity contribution is 0.0952. The Kier molecular flexibility index (Phi) is 5.78. The minimum Gasteiger partial charge on any atom is -0.505 e. The maximum atomic E-state index is 13.0. The van der Waals surface area contributed by atoms with Gasteiger partial charge in [0.25, 0.3) is 11.5 Å². The lowest BCUT2D eigenvalue weighted by Crippen LogP contribution is -2.31. The second-order valence-electron chi connectivity index (χ2n) is 6.36. The fourth-order valence-electron chi connectivity index (χ4n) is 2.75. The molecule has 0 saturated carbocycles. The molecule has 2 heterocycles. The van der Waals surface area contributed by atoms with Gasteiger partial charge in [0.1, 0.15) is 16.9 Å². The molecule has 2 aromatic heterocycles. The maximum absolute atomic E-state index is 13.0. The van der Waals surface area contributed by atoms with Crippen LogP contribution < -0.4 is 10.9 Å². The summed E-state index contributed by atoms with van der Waals surface area (Å²) in [7, 11) is -4.31. The van der Waals surface area contributed by atoms with Crippen LogP contribution in [0.25, 0.3) is 11.0 Å². The van der Waals surface area contributed by atoms with Gasteiger partial charge < -0.3 is 25.2 Å². The summed E-state index contributed by atoms with van der Waals surface area (Å²) in [6.07, 6.45) is 1.27. The molecule has 0 radical (unpaired) electrons. The number of amides is 1. The normalized spacial score (nSPS) is 11.6. The van der Waals surface area contributed by atoms with Gasteiger partial charge in [-0.1, -0.05) is 12.1 Å². The second kappa shape index (κ2) is 8.12. The molecule has 0 aliphatic heterocycles. The van der Waals surface area contributed by atoms with Crippen LogP contribution in [0.1, 0.15) is 21.5 Å². The number of benzene rings is 1. The fraction of sp³-hybridized carbons (Fsp3) is 0.167. The van der Waals surface area contributed by atoms with Crippen LogP contribution in [0, 0.1) is 5.82 Å². The zero-order chi connectivity index (χ0) is 21.2. The van der Waals surface area contributed by atoms with Crippen LogP contribution in [-0.4, -0.2) is 43.5 Å². The van der Waals surface area contributed by atoms with E-state index in [2.05, 4.69) is 15.3 Å². The van der Waals surface area contributed by atoms with Crippen molar-refractivity contribution in [2.75, 3.05) is 12.7 Å². The van der Waals surface area contributed by atoms with Crippen molar-refractivity contribution in [3.8, 4) is 5.75 Å². The van der Waals surface area contributed by atoms with E-state index in [4.69, 9.17) is 9.79 Å². The van der Waals surface area contributed by atoms with Gasteiger partial charge in [0, 0.05) is 12.7 Å². The van der Waals surface area contributed by atoms with Crippen LogP contribution in [0.15, 0.2) is 41.3 Å². The van der Waals surface area contributed by atoms with E-state index in [1.165, 1.54) is 18.3 Å². The van der Waals surface area contributed by atoms with Gasteiger partial charge in [-0.2, -0.15) is 0 Å². The number of nitrogens with zero attached hydrogens (tertiary/aromatic N) is 1. The Bertz CT molecular complexity index is 1170. The van der Waals surface area contributed by atoms with Crippen molar-refractivity contribution in [1.82, 2.24) is 15.3 Å². The van der Waals surface area contributed by atoms with Gasteiger partial charge in [-0.05, 0) is 35.7 Å². The highest BCUT2D eigenvalue weighted by atomic mass is 31.2. The molecule has 0 unspecified atom stereocenters. The summed E-state index contributed by atoms with van der Waals surface area (Å²) in [5.41, 5.74) is 0.246. The van der Waals surface area contributed by atoms with Crippen molar-refractivity contribution in [3.63, 3.8) is 0 Å². The van der Waals surface area contributed by atoms with Gasteiger partial charge in [0.05, 0.1) is 11.7 Å². The predicted molar refractivity (Wildman–Crippen MR) is 102 cm³/mol. The second-order valence-corrected chi connectivity index (χ2v) is 8.14. The molecule has 0 fully saturated rings. The lowest BCUT2D eigenvalue weighted by Gasteiger charge is -2.09. The number of carbonyl (C=O) groups is 1. The minimum atomic E-state index is -4.31. The van der Waals surface area contributed by atoms with Crippen LogP contribution in [0.3, 0.4) is 0 Å². The third kappa shape index (κ3) is 5.05. The SMILES string of the molecule is O=C(NCCP(=O)(O)O)c1c(O)c2ncc(Cc3ccc(F)cc3)cc2[nH]c1=O. The molecular formula is C18H17FN3O6P. The molecule has 0 aliphatic carbocycles. The number of aromatic hydroxyl groups is 1. The van der Waals surface area contributed by atoms with Crippen LogP contribution in [0.2, 0.25) is 0 Å². The Morgan fingerprint density at radius 3 is 2.55 bits per heavy atom. The van der Waals surface area contributed by atoms with E-state index in [0.717, 1.165) is 5.56 Å². The monoisotopic (exact) mass is 421 g/mol. The van der Waals surface area contributed by atoms with Gasteiger partial charge in [0.15, 0.2) is 5.75 Å². The molecule has 0 saturated heterocycles. The Hall–Kier alpha value is -3.07. The highest BCUT2D eigenvalue weighted by molar-refractivity contribution is 7.51. The predicted octanol–water partition coefficient (Wildman–Crippen LogP) is 1.27. The number of halogens is 1. The quantitative estimate of drug-likeness (QED) is 0.376. The number of aromatic amines is 1. The molecule has 152 valence electrons. The van der Waals surface area contributed by atoms with Crippen LogP contribution in [0.4, 0.5) is 4.39 Å². The molecule has 0 atom stereocenters. The largest absolute Gasteiger partial charge is 0.505 e.